The van der Waals surface area contributed by atoms with Crippen molar-refractivity contribution in [3.63, 3.8) is 0 Å². The van der Waals surface area contributed by atoms with Crippen LogP contribution in [-0.2, 0) is 13.5 Å². The molecule has 5 nitrogen and oxygen atoms in total. The van der Waals surface area contributed by atoms with Crippen molar-refractivity contribution in [1.82, 2.24) is 5.32 Å². The minimum Gasteiger partial charge on any atom is -0.325 e. The van der Waals surface area contributed by atoms with Gasteiger partial charge in [0.2, 0.25) is 5.96 Å². The van der Waals surface area contributed by atoms with Crippen LogP contribution >= 0.6 is 24.0 Å². The number of hydrogen-bond donors (Lipinski definition) is 2. The van der Waals surface area contributed by atoms with Crippen molar-refractivity contribution in [3.8, 4) is 6.19 Å². The molecule has 0 atom stereocenters. The molecular formula is C20H27IN5+. The van der Waals surface area contributed by atoms with E-state index in [2.05, 4.69) is 46.0 Å². The van der Waals surface area contributed by atoms with Gasteiger partial charge in [-0.25, -0.2) is 4.57 Å². The highest BCUT2D eigenvalue weighted by atomic mass is 127. The summed E-state index contributed by atoms with van der Waals surface area (Å²) in [5.74, 6) is 0.501. The maximum atomic E-state index is 8.85. The summed E-state index contributed by atoms with van der Waals surface area (Å²) in [6.07, 6.45) is 11.5. The molecule has 0 saturated carbocycles. The number of aromatic nitrogens is 1. The van der Waals surface area contributed by atoms with Gasteiger partial charge in [-0.3, -0.25) is 10.3 Å². The second-order valence-electron chi connectivity index (χ2n) is 5.99. The van der Waals surface area contributed by atoms with Crippen LogP contribution in [0.5, 0.6) is 0 Å². The zero-order valence-electron chi connectivity index (χ0n) is 15.2. The third-order valence-corrected chi connectivity index (χ3v) is 3.90. The van der Waals surface area contributed by atoms with Gasteiger partial charge in [0, 0.05) is 18.7 Å². The zero-order valence-corrected chi connectivity index (χ0v) is 17.5. The molecule has 2 N–H and O–H groups in total. The number of rotatable bonds is 8. The largest absolute Gasteiger partial charge is 0.325 e. The van der Waals surface area contributed by atoms with E-state index in [1.807, 2.05) is 42.3 Å². The van der Waals surface area contributed by atoms with Gasteiger partial charge < -0.3 is 5.32 Å². The molecule has 1 heterocycles. The number of hydrogen-bond acceptors (Lipinski definition) is 2. The van der Waals surface area contributed by atoms with Gasteiger partial charge >= 0.3 is 0 Å². The minimum atomic E-state index is 0. The van der Waals surface area contributed by atoms with Crippen molar-refractivity contribution in [2.75, 3.05) is 11.9 Å². The number of pyridine rings is 1. The molecule has 2 aromatic rings. The van der Waals surface area contributed by atoms with E-state index in [1.54, 1.807) is 0 Å². The van der Waals surface area contributed by atoms with E-state index in [-0.39, 0.29) is 24.0 Å². The van der Waals surface area contributed by atoms with Crippen molar-refractivity contribution in [2.24, 2.45) is 12.0 Å². The van der Waals surface area contributed by atoms with Crippen molar-refractivity contribution in [1.29, 1.82) is 5.26 Å². The molecule has 0 radical (unpaired) electrons. The first kappa shape index (κ1) is 21.9. The highest BCUT2D eigenvalue weighted by Gasteiger charge is 2.01. The molecule has 1 aromatic carbocycles. The van der Waals surface area contributed by atoms with E-state index < -0.39 is 0 Å². The zero-order chi connectivity index (χ0) is 17.7. The normalized spacial score (nSPS) is 10.5. The molecule has 1 aromatic heterocycles. The summed E-state index contributed by atoms with van der Waals surface area (Å²) in [7, 11) is 1.96. The number of anilines is 1. The third kappa shape index (κ3) is 8.81. The number of nitriles is 1. The third-order valence-electron chi connectivity index (χ3n) is 3.90. The lowest BCUT2D eigenvalue weighted by molar-refractivity contribution is -0.671. The maximum Gasteiger partial charge on any atom is 0.209 e. The quantitative estimate of drug-likeness (QED) is 0.119. The highest BCUT2D eigenvalue weighted by molar-refractivity contribution is 14.0. The Morgan fingerprint density at radius 1 is 1.04 bits per heavy atom. The van der Waals surface area contributed by atoms with Crippen LogP contribution in [0.15, 0.2) is 59.9 Å². The molecule has 138 valence electrons. The summed E-state index contributed by atoms with van der Waals surface area (Å²) in [5.41, 5.74) is 2.31. The molecule has 0 saturated heterocycles. The first-order chi connectivity index (χ1) is 12.3. The minimum absolute atomic E-state index is 0. The SMILES string of the molecule is C[n+]1ccc(NC(=NCCCCCCc2ccccc2)NC#N)cc1.I. The van der Waals surface area contributed by atoms with Crippen LogP contribution in [0.3, 0.4) is 0 Å². The number of benzene rings is 1. The Bertz CT molecular complexity index is 692. The Kier molecular flexibility index (Phi) is 11.0. The van der Waals surface area contributed by atoms with Crippen LogP contribution in [0.1, 0.15) is 31.2 Å². The van der Waals surface area contributed by atoms with Crippen molar-refractivity contribution in [2.45, 2.75) is 32.1 Å². The molecular weight excluding hydrogens is 437 g/mol. The summed E-state index contributed by atoms with van der Waals surface area (Å²) in [4.78, 5) is 4.45. The average Bonchev–Trinajstić information content (AvgIpc) is 2.64. The number of unbranched alkanes of at least 4 members (excludes halogenated alkanes) is 3. The topological polar surface area (TPSA) is 64.1 Å². The van der Waals surface area contributed by atoms with E-state index in [0.29, 0.717) is 12.5 Å². The van der Waals surface area contributed by atoms with E-state index in [9.17, 15) is 0 Å². The van der Waals surface area contributed by atoms with Crippen molar-refractivity contribution < 1.29 is 4.57 Å². The molecule has 0 aliphatic heterocycles. The van der Waals surface area contributed by atoms with Gasteiger partial charge in [0.1, 0.15) is 7.05 Å². The second-order valence-corrected chi connectivity index (χ2v) is 5.99. The molecule has 0 amide bonds. The lowest BCUT2D eigenvalue weighted by atomic mass is 10.1. The monoisotopic (exact) mass is 464 g/mol. The lowest BCUT2D eigenvalue weighted by Crippen LogP contribution is -2.29. The summed E-state index contributed by atoms with van der Waals surface area (Å²) < 4.78 is 1.95. The number of aryl methyl sites for hydroxylation is 2. The van der Waals surface area contributed by atoms with Gasteiger partial charge in [-0.05, 0) is 24.8 Å². The number of aliphatic imine (C=N–C) groups is 1. The summed E-state index contributed by atoms with van der Waals surface area (Å²) >= 11 is 0. The number of halogens is 1. The molecule has 2 rings (SSSR count). The van der Waals surface area contributed by atoms with Crippen LogP contribution in [0, 0.1) is 11.5 Å². The first-order valence-electron chi connectivity index (χ1n) is 8.74. The molecule has 0 fully saturated rings. The Balaban J connectivity index is 0.00000338. The summed E-state index contributed by atoms with van der Waals surface area (Å²) in [6.45, 7) is 0.711. The fraction of sp³-hybridized carbons (Fsp3) is 0.350. The fourth-order valence-corrected chi connectivity index (χ4v) is 2.51. The second kappa shape index (κ2) is 13.1. The van der Waals surface area contributed by atoms with E-state index in [4.69, 9.17) is 5.26 Å². The van der Waals surface area contributed by atoms with Crippen LogP contribution < -0.4 is 15.2 Å². The molecule has 0 aliphatic rings. The number of nitrogens with one attached hydrogen (secondary N) is 2. The smallest absolute Gasteiger partial charge is 0.209 e. The molecule has 26 heavy (non-hydrogen) atoms. The summed E-state index contributed by atoms with van der Waals surface area (Å²) in [5, 5.41) is 14.6. The van der Waals surface area contributed by atoms with E-state index in [0.717, 1.165) is 24.9 Å². The Labute approximate surface area is 173 Å². The molecule has 0 aliphatic carbocycles. The van der Waals surface area contributed by atoms with Crippen LogP contribution in [-0.4, -0.2) is 12.5 Å². The van der Waals surface area contributed by atoms with Crippen molar-refractivity contribution >= 4 is 35.6 Å². The lowest BCUT2D eigenvalue weighted by Gasteiger charge is -2.07. The first-order valence-corrected chi connectivity index (χ1v) is 8.74. The molecule has 0 unspecified atom stereocenters. The maximum absolute atomic E-state index is 8.85. The molecule has 6 heteroatoms. The predicted molar refractivity (Wildman–Crippen MR) is 116 cm³/mol. The van der Waals surface area contributed by atoms with Gasteiger partial charge in [-0.2, -0.15) is 5.26 Å². The molecule has 0 spiro atoms. The number of guanidine groups is 1. The summed E-state index contributed by atoms with van der Waals surface area (Å²) in [6, 6.07) is 14.5. The fourth-order valence-electron chi connectivity index (χ4n) is 2.51. The molecule has 0 bridgehead atoms. The Morgan fingerprint density at radius 2 is 1.73 bits per heavy atom. The van der Waals surface area contributed by atoms with Gasteiger partial charge in [-0.15, -0.1) is 24.0 Å². The van der Waals surface area contributed by atoms with Crippen molar-refractivity contribution in [3.05, 3.63) is 60.4 Å². The standard InChI is InChI=1S/C20H25N5.HI/c1-25-15-12-19(13-16-25)24-20(23-17-21)22-14-8-3-2-5-9-18-10-6-4-7-11-18;/h4,6-7,10-13,15-16H,2-3,5,8-9,14H2,1H3,(H,22,23);1H/p+1. The number of nitrogens with zero attached hydrogens (tertiary/aromatic N) is 3. The Morgan fingerprint density at radius 3 is 2.42 bits per heavy atom. The predicted octanol–water partition coefficient (Wildman–Crippen LogP) is 3.77. The van der Waals surface area contributed by atoms with E-state index in [1.165, 1.54) is 18.4 Å². The highest BCUT2D eigenvalue weighted by Crippen LogP contribution is 2.08. The van der Waals surface area contributed by atoms with Gasteiger partial charge in [0.05, 0.1) is 5.69 Å². The van der Waals surface area contributed by atoms with Crippen LogP contribution in [0.25, 0.3) is 0 Å². The van der Waals surface area contributed by atoms with Gasteiger partial charge in [-0.1, -0.05) is 43.2 Å². The van der Waals surface area contributed by atoms with Crippen LogP contribution in [0.4, 0.5) is 5.69 Å². The van der Waals surface area contributed by atoms with Crippen LogP contribution in [0.2, 0.25) is 0 Å². The average molecular weight is 464 g/mol. The Hall–Kier alpha value is -2.14. The van der Waals surface area contributed by atoms with E-state index >= 15 is 0 Å². The van der Waals surface area contributed by atoms with Gasteiger partial charge in [0.15, 0.2) is 18.6 Å². The van der Waals surface area contributed by atoms with Gasteiger partial charge in [0.25, 0.3) is 0 Å².